The molecule has 0 aromatic heterocycles. The Bertz CT molecular complexity index is 410. The van der Waals surface area contributed by atoms with E-state index in [-0.39, 0.29) is 0 Å². The number of benzene rings is 1. The van der Waals surface area contributed by atoms with Gasteiger partial charge in [-0.25, -0.2) is 0 Å². The van der Waals surface area contributed by atoms with Crippen LogP contribution < -0.4 is 4.90 Å². The smallest absolute Gasteiger partial charge is 0.0366 e. The lowest BCUT2D eigenvalue weighted by Gasteiger charge is -2.42. The minimum absolute atomic E-state index is 0.837. The van der Waals surface area contributed by atoms with E-state index in [0.717, 1.165) is 12.0 Å². The van der Waals surface area contributed by atoms with E-state index in [2.05, 4.69) is 47.9 Å². The van der Waals surface area contributed by atoms with Crippen LogP contribution in [0.5, 0.6) is 0 Å². The molecule has 0 N–H and O–H groups in total. The van der Waals surface area contributed by atoms with E-state index in [4.69, 9.17) is 0 Å². The maximum atomic E-state index is 2.76. The summed E-state index contributed by atoms with van der Waals surface area (Å²) in [5, 5.41) is 0. The first-order chi connectivity index (χ1) is 9.72. The maximum absolute atomic E-state index is 2.76. The standard InChI is InChI=1S/C18H28N2/c1-15-3-5-17(6-4-15)20-13-9-18(10-14-20)19-11-7-16(2)8-12-19/h3-6,16,18H,7-14H2,1-2H3. The third kappa shape index (κ3) is 3.17. The monoisotopic (exact) mass is 272 g/mol. The Morgan fingerprint density at radius 2 is 1.45 bits per heavy atom. The maximum Gasteiger partial charge on any atom is 0.0366 e. The first kappa shape index (κ1) is 13.9. The van der Waals surface area contributed by atoms with Gasteiger partial charge >= 0.3 is 0 Å². The summed E-state index contributed by atoms with van der Waals surface area (Å²) in [6.07, 6.45) is 5.47. The molecule has 20 heavy (non-hydrogen) atoms. The SMILES string of the molecule is Cc1ccc(N2CCC(N3CCC(C)CC3)CC2)cc1. The minimum Gasteiger partial charge on any atom is -0.371 e. The third-order valence-corrected chi connectivity index (χ3v) is 5.20. The van der Waals surface area contributed by atoms with Crippen LogP contribution in [-0.4, -0.2) is 37.1 Å². The number of hydrogen-bond acceptors (Lipinski definition) is 2. The Kier molecular flexibility index (Phi) is 4.30. The minimum atomic E-state index is 0.837. The molecule has 0 atom stereocenters. The summed E-state index contributed by atoms with van der Waals surface area (Å²) >= 11 is 0. The van der Waals surface area contributed by atoms with Crippen molar-refractivity contribution in [2.75, 3.05) is 31.1 Å². The van der Waals surface area contributed by atoms with Crippen LogP contribution in [0.1, 0.15) is 38.2 Å². The number of hydrogen-bond donors (Lipinski definition) is 0. The molecule has 0 amide bonds. The van der Waals surface area contributed by atoms with Crippen LogP contribution in [0.25, 0.3) is 0 Å². The van der Waals surface area contributed by atoms with Gasteiger partial charge in [-0.15, -0.1) is 0 Å². The van der Waals surface area contributed by atoms with Crippen LogP contribution in [0.3, 0.4) is 0 Å². The highest BCUT2D eigenvalue weighted by molar-refractivity contribution is 5.47. The van der Waals surface area contributed by atoms with Crippen LogP contribution in [0.2, 0.25) is 0 Å². The molecule has 0 bridgehead atoms. The Morgan fingerprint density at radius 3 is 2.05 bits per heavy atom. The van der Waals surface area contributed by atoms with Crippen molar-refractivity contribution in [3.63, 3.8) is 0 Å². The van der Waals surface area contributed by atoms with Gasteiger partial charge in [-0.2, -0.15) is 0 Å². The highest BCUT2D eigenvalue weighted by atomic mass is 15.2. The van der Waals surface area contributed by atoms with E-state index in [9.17, 15) is 0 Å². The van der Waals surface area contributed by atoms with Gasteiger partial charge in [0.1, 0.15) is 0 Å². The fourth-order valence-corrected chi connectivity index (χ4v) is 3.64. The zero-order valence-electron chi connectivity index (χ0n) is 13.0. The number of nitrogens with zero attached hydrogens (tertiary/aromatic N) is 2. The molecule has 2 heteroatoms. The normalized spacial score (nSPS) is 23.2. The van der Waals surface area contributed by atoms with Crippen LogP contribution >= 0.6 is 0 Å². The molecule has 1 aromatic rings. The fourth-order valence-electron chi connectivity index (χ4n) is 3.64. The van der Waals surface area contributed by atoms with E-state index < -0.39 is 0 Å². The number of rotatable bonds is 2. The molecule has 2 heterocycles. The predicted molar refractivity (Wildman–Crippen MR) is 86.4 cm³/mol. The molecule has 110 valence electrons. The highest BCUT2D eigenvalue weighted by Crippen LogP contribution is 2.26. The fraction of sp³-hybridized carbons (Fsp3) is 0.667. The van der Waals surface area contributed by atoms with Gasteiger partial charge < -0.3 is 9.80 Å². The molecule has 0 radical (unpaired) electrons. The van der Waals surface area contributed by atoms with Crippen molar-refractivity contribution in [2.45, 2.75) is 45.6 Å². The van der Waals surface area contributed by atoms with Crippen LogP contribution in [-0.2, 0) is 0 Å². The van der Waals surface area contributed by atoms with E-state index in [0.29, 0.717) is 0 Å². The summed E-state index contributed by atoms with van der Waals surface area (Å²) in [6, 6.07) is 9.85. The lowest BCUT2D eigenvalue weighted by Crippen LogP contribution is -2.47. The van der Waals surface area contributed by atoms with Gasteiger partial charge in [-0.05, 0) is 63.7 Å². The van der Waals surface area contributed by atoms with Gasteiger partial charge in [0.2, 0.25) is 0 Å². The predicted octanol–water partition coefficient (Wildman–Crippen LogP) is 3.70. The molecule has 0 aliphatic carbocycles. The average Bonchev–Trinajstić information content (AvgIpc) is 2.49. The molecule has 1 aromatic carbocycles. The molecule has 3 rings (SSSR count). The van der Waals surface area contributed by atoms with Crippen LogP contribution in [0, 0.1) is 12.8 Å². The van der Waals surface area contributed by atoms with Crippen molar-refractivity contribution < 1.29 is 0 Å². The molecular weight excluding hydrogens is 244 g/mol. The number of likely N-dealkylation sites (tertiary alicyclic amines) is 1. The molecular formula is C18H28N2. The van der Waals surface area contributed by atoms with Crippen molar-refractivity contribution in [3.8, 4) is 0 Å². The van der Waals surface area contributed by atoms with Gasteiger partial charge in [-0.3, -0.25) is 0 Å². The third-order valence-electron chi connectivity index (χ3n) is 5.20. The number of piperidine rings is 2. The average molecular weight is 272 g/mol. The molecule has 0 saturated carbocycles. The second-order valence-corrected chi connectivity index (χ2v) is 6.77. The molecule has 2 fully saturated rings. The topological polar surface area (TPSA) is 6.48 Å². The van der Waals surface area contributed by atoms with Crippen molar-refractivity contribution in [3.05, 3.63) is 29.8 Å². The second-order valence-electron chi connectivity index (χ2n) is 6.77. The summed E-state index contributed by atoms with van der Waals surface area (Å²) in [5.41, 5.74) is 2.76. The summed E-state index contributed by atoms with van der Waals surface area (Å²) in [4.78, 5) is 5.31. The molecule has 0 unspecified atom stereocenters. The van der Waals surface area contributed by atoms with Gasteiger partial charge in [0.25, 0.3) is 0 Å². The Labute approximate surface area is 123 Å². The first-order valence-corrected chi connectivity index (χ1v) is 8.28. The van der Waals surface area contributed by atoms with Gasteiger partial charge in [0.05, 0.1) is 0 Å². The molecule has 2 nitrogen and oxygen atoms in total. The summed E-state index contributed by atoms with van der Waals surface area (Å²) in [7, 11) is 0. The van der Waals surface area contributed by atoms with E-state index in [1.165, 1.54) is 63.1 Å². The van der Waals surface area contributed by atoms with E-state index >= 15 is 0 Å². The molecule has 2 aliphatic heterocycles. The summed E-state index contributed by atoms with van der Waals surface area (Å²) in [5.74, 6) is 0.943. The van der Waals surface area contributed by atoms with Gasteiger partial charge in [0.15, 0.2) is 0 Å². The largest absolute Gasteiger partial charge is 0.371 e. The lowest BCUT2D eigenvalue weighted by atomic mass is 9.95. The van der Waals surface area contributed by atoms with Crippen LogP contribution in [0.15, 0.2) is 24.3 Å². The number of anilines is 1. The van der Waals surface area contributed by atoms with E-state index in [1.54, 1.807) is 0 Å². The zero-order chi connectivity index (χ0) is 13.9. The Morgan fingerprint density at radius 1 is 0.850 bits per heavy atom. The summed E-state index contributed by atoms with van der Waals surface area (Å²) < 4.78 is 0. The second kappa shape index (κ2) is 6.17. The molecule has 2 saturated heterocycles. The Balaban J connectivity index is 1.53. The van der Waals surface area contributed by atoms with E-state index in [1.807, 2.05) is 0 Å². The van der Waals surface area contributed by atoms with Gasteiger partial charge in [-0.1, -0.05) is 24.6 Å². The quantitative estimate of drug-likeness (QED) is 0.810. The van der Waals surface area contributed by atoms with Crippen molar-refractivity contribution in [2.24, 2.45) is 5.92 Å². The van der Waals surface area contributed by atoms with Crippen LogP contribution in [0.4, 0.5) is 5.69 Å². The number of aryl methyl sites for hydroxylation is 1. The Hall–Kier alpha value is -1.02. The lowest BCUT2D eigenvalue weighted by molar-refractivity contribution is 0.120. The first-order valence-electron chi connectivity index (χ1n) is 8.28. The molecule has 0 spiro atoms. The van der Waals surface area contributed by atoms with Crippen molar-refractivity contribution >= 4 is 5.69 Å². The zero-order valence-corrected chi connectivity index (χ0v) is 13.0. The molecule has 2 aliphatic rings. The van der Waals surface area contributed by atoms with Crippen molar-refractivity contribution in [1.29, 1.82) is 0 Å². The van der Waals surface area contributed by atoms with Gasteiger partial charge in [0, 0.05) is 24.8 Å². The highest BCUT2D eigenvalue weighted by Gasteiger charge is 2.27. The van der Waals surface area contributed by atoms with Crippen molar-refractivity contribution in [1.82, 2.24) is 4.90 Å². The summed E-state index contributed by atoms with van der Waals surface area (Å²) in [6.45, 7) is 9.66.